The van der Waals surface area contributed by atoms with Crippen LogP contribution in [0.4, 0.5) is 5.69 Å². The highest BCUT2D eigenvalue weighted by Crippen LogP contribution is 2.28. The first-order valence-electron chi connectivity index (χ1n) is 9.34. The fourth-order valence-corrected chi connectivity index (χ4v) is 4.23. The molecule has 9 nitrogen and oxygen atoms in total. The minimum absolute atomic E-state index is 0.116. The molecule has 0 aliphatic rings. The SMILES string of the molecule is CCCCN(CCCC)S(=O)(=O)c1ccc(Cl)c(NC=C(C#N)c2nn[nH]n2)c1. The minimum atomic E-state index is -3.66. The van der Waals surface area contributed by atoms with Crippen LogP contribution in [0.15, 0.2) is 29.3 Å². The number of aromatic nitrogens is 4. The van der Waals surface area contributed by atoms with Crippen molar-refractivity contribution in [3.8, 4) is 6.07 Å². The largest absolute Gasteiger partial charge is 0.359 e. The Morgan fingerprint density at radius 2 is 2.00 bits per heavy atom. The molecule has 0 saturated carbocycles. The lowest BCUT2D eigenvalue weighted by atomic mass is 10.3. The number of hydrogen-bond acceptors (Lipinski definition) is 7. The molecule has 2 rings (SSSR count). The van der Waals surface area contributed by atoms with Gasteiger partial charge in [-0.15, -0.1) is 10.2 Å². The lowest BCUT2D eigenvalue weighted by Gasteiger charge is -2.22. The molecule has 0 amide bonds. The number of benzene rings is 1. The first-order valence-corrected chi connectivity index (χ1v) is 11.2. The van der Waals surface area contributed by atoms with Crippen LogP contribution in [-0.4, -0.2) is 46.4 Å². The molecule has 0 spiro atoms. The Balaban J connectivity index is 2.31. The number of H-pyrrole nitrogens is 1. The maximum absolute atomic E-state index is 13.1. The maximum atomic E-state index is 13.1. The number of sulfonamides is 1. The van der Waals surface area contributed by atoms with E-state index in [0.29, 0.717) is 23.8 Å². The highest BCUT2D eigenvalue weighted by molar-refractivity contribution is 7.89. The molecule has 156 valence electrons. The number of halogens is 1. The third kappa shape index (κ3) is 6.00. The maximum Gasteiger partial charge on any atom is 0.243 e. The average Bonchev–Trinajstić information content (AvgIpc) is 3.24. The van der Waals surface area contributed by atoms with E-state index in [1.807, 2.05) is 19.9 Å². The zero-order chi connectivity index (χ0) is 21.3. The zero-order valence-electron chi connectivity index (χ0n) is 16.4. The second-order valence-corrected chi connectivity index (χ2v) is 8.65. The van der Waals surface area contributed by atoms with Crippen LogP contribution in [0.5, 0.6) is 0 Å². The number of rotatable bonds is 11. The standard InChI is InChI=1S/C18H24ClN7O2S/c1-3-5-9-26(10-6-4-2)29(27,28)15-7-8-16(19)17(11-15)21-13-14(12-20)18-22-24-25-23-18/h7-8,11,13,21H,3-6,9-10H2,1-2H3,(H,22,23,24,25). The number of nitrogens with zero attached hydrogens (tertiary/aromatic N) is 5. The highest BCUT2D eigenvalue weighted by Gasteiger charge is 2.24. The molecule has 0 aliphatic carbocycles. The number of hydrogen-bond donors (Lipinski definition) is 2. The third-order valence-electron chi connectivity index (χ3n) is 4.18. The van der Waals surface area contributed by atoms with Gasteiger partial charge in [-0.05, 0) is 36.3 Å². The Labute approximate surface area is 175 Å². The molecule has 0 aliphatic heterocycles. The van der Waals surface area contributed by atoms with Crippen LogP contribution in [0.25, 0.3) is 5.57 Å². The molecule has 0 unspecified atom stereocenters. The van der Waals surface area contributed by atoms with E-state index in [4.69, 9.17) is 11.6 Å². The molecule has 2 aromatic rings. The van der Waals surface area contributed by atoms with Gasteiger partial charge in [-0.3, -0.25) is 0 Å². The van der Waals surface area contributed by atoms with Crippen LogP contribution in [-0.2, 0) is 10.0 Å². The van der Waals surface area contributed by atoms with Crippen LogP contribution >= 0.6 is 11.6 Å². The highest BCUT2D eigenvalue weighted by atomic mass is 35.5. The van der Waals surface area contributed by atoms with Crippen molar-refractivity contribution in [3.63, 3.8) is 0 Å². The molecule has 1 aromatic heterocycles. The first kappa shape index (κ1) is 22.8. The molecular formula is C18H24ClN7O2S. The second kappa shape index (κ2) is 10.9. The molecule has 0 bridgehead atoms. The number of nitriles is 1. The summed E-state index contributed by atoms with van der Waals surface area (Å²) in [5.74, 6) is 0.116. The van der Waals surface area contributed by atoms with E-state index in [1.165, 1.54) is 28.7 Å². The minimum Gasteiger partial charge on any atom is -0.359 e. The van der Waals surface area contributed by atoms with E-state index < -0.39 is 10.0 Å². The van der Waals surface area contributed by atoms with Crippen LogP contribution in [0.3, 0.4) is 0 Å². The molecule has 0 fully saturated rings. The summed E-state index contributed by atoms with van der Waals surface area (Å²) in [5, 5.41) is 25.6. The lowest BCUT2D eigenvalue weighted by Crippen LogP contribution is -2.33. The molecule has 1 heterocycles. The summed E-state index contributed by atoms with van der Waals surface area (Å²) in [5.41, 5.74) is 0.477. The van der Waals surface area contributed by atoms with Gasteiger partial charge in [0.05, 0.1) is 15.6 Å². The van der Waals surface area contributed by atoms with E-state index in [2.05, 4.69) is 25.9 Å². The fourth-order valence-electron chi connectivity index (χ4n) is 2.52. The van der Waals surface area contributed by atoms with Gasteiger partial charge in [0.15, 0.2) is 0 Å². The van der Waals surface area contributed by atoms with E-state index >= 15 is 0 Å². The third-order valence-corrected chi connectivity index (χ3v) is 6.40. The van der Waals surface area contributed by atoms with Gasteiger partial charge in [0.2, 0.25) is 15.8 Å². The summed E-state index contributed by atoms with van der Waals surface area (Å²) in [6.45, 7) is 5.00. The van der Waals surface area contributed by atoms with E-state index in [9.17, 15) is 13.7 Å². The van der Waals surface area contributed by atoms with Crippen molar-refractivity contribution in [2.45, 2.75) is 44.4 Å². The monoisotopic (exact) mass is 437 g/mol. The van der Waals surface area contributed by atoms with Crippen molar-refractivity contribution in [2.24, 2.45) is 0 Å². The Morgan fingerprint density at radius 1 is 1.31 bits per heavy atom. The van der Waals surface area contributed by atoms with Crippen molar-refractivity contribution in [1.82, 2.24) is 24.9 Å². The number of tetrazole rings is 1. The van der Waals surface area contributed by atoms with Gasteiger partial charge in [-0.1, -0.05) is 38.3 Å². The summed E-state index contributed by atoms with van der Waals surface area (Å²) in [7, 11) is -3.66. The summed E-state index contributed by atoms with van der Waals surface area (Å²) in [6, 6.07) is 6.41. The van der Waals surface area contributed by atoms with Crippen LogP contribution in [0, 0.1) is 11.3 Å². The predicted molar refractivity (Wildman–Crippen MR) is 111 cm³/mol. The van der Waals surface area contributed by atoms with Gasteiger partial charge in [0.25, 0.3) is 0 Å². The van der Waals surface area contributed by atoms with Crippen LogP contribution < -0.4 is 5.32 Å². The van der Waals surface area contributed by atoms with Crippen molar-refractivity contribution < 1.29 is 8.42 Å². The number of aromatic amines is 1. The van der Waals surface area contributed by atoms with Gasteiger partial charge in [-0.25, -0.2) is 8.42 Å². The van der Waals surface area contributed by atoms with Crippen LogP contribution in [0.1, 0.15) is 45.4 Å². The molecule has 1 aromatic carbocycles. The van der Waals surface area contributed by atoms with Gasteiger partial charge in [0, 0.05) is 19.3 Å². The van der Waals surface area contributed by atoms with Gasteiger partial charge < -0.3 is 5.32 Å². The number of nitrogens with one attached hydrogen (secondary N) is 2. The second-order valence-electron chi connectivity index (χ2n) is 6.30. The van der Waals surface area contributed by atoms with Gasteiger partial charge >= 0.3 is 0 Å². The van der Waals surface area contributed by atoms with Gasteiger partial charge in [0.1, 0.15) is 11.6 Å². The normalized spacial score (nSPS) is 12.2. The van der Waals surface area contributed by atoms with Crippen molar-refractivity contribution >= 4 is 32.9 Å². The van der Waals surface area contributed by atoms with Crippen molar-refractivity contribution in [1.29, 1.82) is 5.26 Å². The smallest absolute Gasteiger partial charge is 0.243 e. The molecule has 0 radical (unpaired) electrons. The first-order chi connectivity index (χ1) is 13.9. The predicted octanol–water partition coefficient (Wildman–Crippen LogP) is 3.42. The Kier molecular flexibility index (Phi) is 8.57. The molecule has 0 saturated heterocycles. The van der Waals surface area contributed by atoms with E-state index in [0.717, 1.165) is 25.7 Å². The quantitative estimate of drug-likeness (QED) is 0.515. The Hall–Kier alpha value is -2.48. The van der Waals surface area contributed by atoms with Crippen LogP contribution in [0.2, 0.25) is 5.02 Å². The summed E-state index contributed by atoms with van der Waals surface area (Å²) in [4.78, 5) is 0.142. The number of anilines is 1. The number of allylic oxidation sites excluding steroid dienone is 1. The lowest BCUT2D eigenvalue weighted by molar-refractivity contribution is 0.395. The van der Waals surface area contributed by atoms with E-state index in [1.54, 1.807) is 0 Å². The average molecular weight is 438 g/mol. The Morgan fingerprint density at radius 3 is 2.55 bits per heavy atom. The van der Waals surface area contributed by atoms with Gasteiger partial charge in [-0.2, -0.15) is 14.8 Å². The summed E-state index contributed by atoms with van der Waals surface area (Å²) in [6.07, 6.45) is 4.75. The summed E-state index contributed by atoms with van der Waals surface area (Å²) >= 11 is 6.21. The van der Waals surface area contributed by atoms with E-state index in [-0.39, 0.29) is 16.3 Å². The molecular weight excluding hydrogens is 414 g/mol. The number of unbranched alkanes of at least 4 members (excludes halogenated alkanes) is 2. The molecule has 2 N–H and O–H groups in total. The Bertz CT molecular complexity index is 961. The molecule has 29 heavy (non-hydrogen) atoms. The fraction of sp³-hybridized carbons (Fsp3) is 0.444. The molecule has 11 heteroatoms. The topological polar surface area (TPSA) is 128 Å². The van der Waals surface area contributed by atoms with Crippen molar-refractivity contribution in [3.05, 3.63) is 35.2 Å². The van der Waals surface area contributed by atoms with Crippen molar-refractivity contribution in [2.75, 3.05) is 18.4 Å². The molecule has 0 atom stereocenters. The zero-order valence-corrected chi connectivity index (χ0v) is 18.0. The summed E-state index contributed by atoms with van der Waals surface area (Å²) < 4.78 is 27.8.